The van der Waals surface area contributed by atoms with Gasteiger partial charge in [0.15, 0.2) is 0 Å². The monoisotopic (exact) mass is 318 g/mol. The summed E-state index contributed by atoms with van der Waals surface area (Å²) in [6.45, 7) is -5.38. The van der Waals surface area contributed by atoms with Crippen LogP contribution in [0.1, 0.15) is 36.0 Å². The lowest BCUT2D eigenvalue weighted by atomic mass is 10.1. The van der Waals surface area contributed by atoms with E-state index in [1.54, 1.807) is 23.5 Å². The number of nitrogens with one attached hydrogen (secondary N) is 1. The van der Waals surface area contributed by atoms with E-state index in [1.807, 2.05) is 0 Å². The first kappa shape index (κ1) is 8.02. The van der Waals surface area contributed by atoms with Crippen molar-refractivity contribution in [2.24, 2.45) is 0 Å². The maximum Gasteiger partial charge on any atom is 0.416 e. The molecule has 0 aliphatic carbocycles. The Labute approximate surface area is 140 Å². The molecule has 0 saturated heterocycles. The molecule has 0 saturated carbocycles. The fraction of sp³-hybridized carbons (Fsp3) is 0.294. The van der Waals surface area contributed by atoms with Crippen LogP contribution in [0.25, 0.3) is 0 Å². The molecular weight excluding hydrogens is 291 g/mol. The molecule has 5 heteroatoms. The second kappa shape index (κ2) is 7.31. The van der Waals surface area contributed by atoms with Crippen molar-refractivity contribution in [3.05, 3.63) is 65.6 Å². The third-order valence-electron chi connectivity index (χ3n) is 2.69. The van der Waals surface area contributed by atoms with Crippen LogP contribution >= 0.6 is 0 Å². The Bertz CT molecular complexity index is 904. The average Bonchev–Trinajstić information content (AvgIpc) is 2.60. The van der Waals surface area contributed by atoms with Gasteiger partial charge in [0.2, 0.25) is 0 Å². The van der Waals surface area contributed by atoms with Crippen molar-refractivity contribution >= 4 is 0 Å². The molecule has 2 aromatic carbocycles. The van der Waals surface area contributed by atoms with Crippen LogP contribution in [0.15, 0.2) is 54.5 Å². The lowest BCUT2D eigenvalue weighted by molar-refractivity contribution is -0.137. The van der Waals surface area contributed by atoms with Crippen LogP contribution in [0, 0.1) is 0 Å². The molecule has 1 N–H and O–H groups in total. The van der Waals surface area contributed by atoms with E-state index in [9.17, 15) is 13.2 Å². The minimum atomic E-state index is -5.13. The van der Waals surface area contributed by atoms with E-state index < -0.39 is 67.7 Å². The zero-order valence-corrected chi connectivity index (χ0v) is 11.2. The molecule has 0 spiro atoms. The van der Waals surface area contributed by atoms with Crippen LogP contribution in [-0.4, -0.2) is 13.5 Å². The molecule has 0 amide bonds. The fourth-order valence-corrected chi connectivity index (χ4v) is 1.68. The summed E-state index contributed by atoms with van der Waals surface area (Å²) >= 11 is 0. The molecule has 1 unspecified atom stereocenters. The molecule has 0 aliphatic heterocycles. The van der Waals surface area contributed by atoms with Crippen LogP contribution < -0.4 is 10.1 Å². The molecule has 0 fully saturated rings. The Hall–Kier alpha value is -2.01. The van der Waals surface area contributed by atoms with Gasteiger partial charge in [-0.1, -0.05) is 30.3 Å². The van der Waals surface area contributed by atoms with Crippen LogP contribution in [0.4, 0.5) is 13.2 Å². The fourth-order valence-electron chi connectivity index (χ4n) is 1.68. The summed E-state index contributed by atoms with van der Waals surface area (Å²) in [5.41, 5.74) is -1.46. The first-order valence-electron chi connectivity index (χ1n) is 10.7. The van der Waals surface area contributed by atoms with Gasteiger partial charge in [-0.2, -0.15) is 13.2 Å². The van der Waals surface area contributed by atoms with Gasteiger partial charge in [0.25, 0.3) is 0 Å². The number of hydrogen-bond acceptors (Lipinski definition) is 2. The lowest BCUT2D eigenvalue weighted by Gasteiger charge is -2.20. The number of benzene rings is 2. The van der Waals surface area contributed by atoms with Crippen LogP contribution in [0.5, 0.6) is 5.75 Å². The van der Waals surface area contributed by atoms with Gasteiger partial charge in [-0.15, -0.1) is 0 Å². The van der Waals surface area contributed by atoms with Gasteiger partial charge in [0.05, 0.1) is 11.0 Å². The lowest BCUT2D eigenvalue weighted by Crippen LogP contribution is -2.16. The summed E-state index contributed by atoms with van der Waals surface area (Å²) in [6, 6.07) is 2.84. The van der Waals surface area contributed by atoms with Gasteiger partial charge in [-0.05, 0) is 43.2 Å². The van der Waals surface area contributed by atoms with Gasteiger partial charge in [-0.25, -0.2) is 0 Å². The van der Waals surface area contributed by atoms with Gasteiger partial charge in [0, 0.05) is 13.3 Å². The Balaban J connectivity index is 2.54. The number of hydrogen-bond donors (Lipinski definition) is 1. The highest BCUT2D eigenvalue weighted by atomic mass is 19.4. The third-order valence-corrected chi connectivity index (χ3v) is 2.69. The summed E-state index contributed by atoms with van der Waals surface area (Å²) in [4.78, 5) is 0. The van der Waals surface area contributed by atoms with E-state index in [0.29, 0.717) is 0 Å². The highest BCUT2D eigenvalue weighted by Gasteiger charge is 2.30. The topological polar surface area (TPSA) is 21.3 Å². The SMILES string of the molecule is [2H]c1c([2H])c(C(F)(F)F)c([2H])c([2H])c1OC(CC([2H])([2H])NC([2H])([2H])[2H])c1ccccc1. The first-order chi connectivity index (χ1) is 14.0. The Morgan fingerprint density at radius 3 is 2.50 bits per heavy atom. The van der Waals surface area contributed by atoms with Gasteiger partial charge in [-0.3, -0.25) is 0 Å². The Morgan fingerprint density at radius 1 is 1.23 bits per heavy atom. The highest BCUT2D eigenvalue weighted by Crippen LogP contribution is 2.31. The minimum Gasteiger partial charge on any atom is -0.486 e. The maximum absolute atomic E-state index is 13.2. The predicted octanol–water partition coefficient (Wildman–Crippen LogP) is 4.44. The number of halogens is 3. The second-order valence-electron chi connectivity index (χ2n) is 4.22. The molecular formula is C17H18F3NO. The quantitative estimate of drug-likeness (QED) is 0.850. The zero-order valence-electron chi connectivity index (χ0n) is 20.2. The van der Waals surface area contributed by atoms with Crippen LogP contribution in [0.3, 0.4) is 0 Å². The van der Waals surface area contributed by atoms with E-state index in [2.05, 4.69) is 0 Å². The smallest absolute Gasteiger partial charge is 0.416 e. The maximum atomic E-state index is 13.2. The van der Waals surface area contributed by atoms with E-state index in [1.165, 1.54) is 12.1 Å². The molecule has 0 heterocycles. The van der Waals surface area contributed by atoms with E-state index >= 15 is 0 Å². The summed E-state index contributed by atoms with van der Waals surface area (Å²) in [5, 5.41) is 1.80. The first-order valence-corrected chi connectivity index (χ1v) is 6.22. The van der Waals surface area contributed by atoms with Crippen LogP contribution in [-0.2, 0) is 6.18 Å². The van der Waals surface area contributed by atoms with E-state index in [0.717, 1.165) is 0 Å². The normalized spacial score (nSPS) is 20.0. The zero-order chi connectivity index (χ0) is 23.8. The van der Waals surface area contributed by atoms with Gasteiger partial charge >= 0.3 is 6.18 Å². The summed E-state index contributed by atoms with van der Waals surface area (Å²) in [6.07, 6.45) is -7.12. The predicted molar refractivity (Wildman–Crippen MR) is 79.8 cm³/mol. The van der Waals surface area contributed by atoms with Crippen molar-refractivity contribution in [3.63, 3.8) is 0 Å². The van der Waals surface area contributed by atoms with Crippen molar-refractivity contribution in [1.29, 1.82) is 0 Å². The Morgan fingerprint density at radius 2 is 1.91 bits per heavy atom. The number of rotatable bonds is 6. The molecule has 0 aliphatic rings. The number of ether oxygens (including phenoxy) is 1. The molecule has 118 valence electrons. The van der Waals surface area contributed by atoms with Gasteiger partial charge in [0.1, 0.15) is 11.9 Å². The largest absolute Gasteiger partial charge is 0.486 e. The van der Waals surface area contributed by atoms with Crippen LogP contribution in [0.2, 0.25) is 0 Å². The molecule has 2 rings (SSSR count). The second-order valence-corrected chi connectivity index (χ2v) is 4.22. The average molecular weight is 318 g/mol. The molecule has 22 heavy (non-hydrogen) atoms. The van der Waals surface area contributed by atoms with Crippen molar-refractivity contribution in [2.75, 3.05) is 13.5 Å². The van der Waals surface area contributed by atoms with Crippen molar-refractivity contribution in [3.8, 4) is 5.75 Å². The summed E-state index contributed by atoms with van der Waals surface area (Å²) in [5.74, 6) is -0.804. The highest BCUT2D eigenvalue weighted by molar-refractivity contribution is 5.30. The molecule has 0 bridgehead atoms. The summed E-state index contributed by atoms with van der Waals surface area (Å²) < 4.78 is 113. The standard InChI is InChI=1S/C17H18F3NO/c1-21-12-11-16(13-5-3-2-4-6-13)22-15-9-7-14(8-10-15)17(18,19)20/h2-10,16,21H,11-12H2,1H3/i1D3,7D,8D,9D,10D,12D2. The van der Waals surface area contributed by atoms with Gasteiger partial charge < -0.3 is 10.1 Å². The molecule has 0 radical (unpaired) electrons. The Kier molecular flexibility index (Phi) is 2.66. The third kappa shape index (κ3) is 4.49. The van der Waals surface area contributed by atoms with Crippen molar-refractivity contribution in [1.82, 2.24) is 5.32 Å². The molecule has 1 atom stereocenters. The summed E-state index contributed by atoms with van der Waals surface area (Å²) in [7, 11) is 0. The molecule has 0 aromatic heterocycles. The molecule has 2 aromatic rings. The minimum absolute atomic E-state index is 0.287. The molecule has 2 nitrogen and oxygen atoms in total. The van der Waals surface area contributed by atoms with E-state index in [4.69, 9.17) is 17.1 Å². The number of alkyl halides is 3. The van der Waals surface area contributed by atoms with Crippen molar-refractivity contribution < 1.29 is 30.2 Å². The van der Waals surface area contributed by atoms with Crippen molar-refractivity contribution in [2.45, 2.75) is 18.7 Å². The van der Waals surface area contributed by atoms with E-state index in [-0.39, 0.29) is 5.56 Å².